The quantitative estimate of drug-likeness (QED) is 0.909. The molecule has 0 heterocycles. The van der Waals surface area contributed by atoms with E-state index in [2.05, 4.69) is 5.32 Å². The first-order valence-corrected chi connectivity index (χ1v) is 7.91. The van der Waals surface area contributed by atoms with E-state index in [4.69, 9.17) is 16.7 Å². The zero-order valence-corrected chi connectivity index (χ0v) is 12.7. The van der Waals surface area contributed by atoms with E-state index in [1.165, 1.54) is 24.3 Å². The van der Waals surface area contributed by atoms with Crippen molar-refractivity contribution < 1.29 is 13.2 Å². The van der Waals surface area contributed by atoms with Gasteiger partial charge in [0.2, 0.25) is 10.0 Å². The molecule has 5 nitrogen and oxygen atoms in total. The standard InChI is InChI=1S/C14H13ClN2O3S/c1-9-12(3-2-4-13(9)15)14(18)17-10-5-7-11(8-6-10)21(16,19)20/h2-8H,1H3,(H,17,18)(H2,16,19,20). The number of nitrogens with one attached hydrogen (secondary N) is 1. The minimum absolute atomic E-state index is 0.0144. The van der Waals surface area contributed by atoms with Crippen molar-refractivity contribution in [3.63, 3.8) is 0 Å². The Morgan fingerprint density at radius 3 is 2.33 bits per heavy atom. The van der Waals surface area contributed by atoms with Crippen molar-refractivity contribution in [1.82, 2.24) is 0 Å². The van der Waals surface area contributed by atoms with E-state index in [1.54, 1.807) is 25.1 Å². The fourth-order valence-electron chi connectivity index (χ4n) is 1.78. The van der Waals surface area contributed by atoms with Crippen LogP contribution in [0, 0.1) is 6.92 Å². The molecule has 3 N–H and O–H groups in total. The van der Waals surface area contributed by atoms with Gasteiger partial charge in [0, 0.05) is 16.3 Å². The molecule has 0 unspecified atom stereocenters. The topological polar surface area (TPSA) is 89.3 Å². The van der Waals surface area contributed by atoms with Crippen LogP contribution >= 0.6 is 11.6 Å². The van der Waals surface area contributed by atoms with Crippen LogP contribution in [0.1, 0.15) is 15.9 Å². The van der Waals surface area contributed by atoms with Gasteiger partial charge in [0.05, 0.1) is 4.90 Å². The van der Waals surface area contributed by atoms with Crippen molar-refractivity contribution in [2.45, 2.75) is 11.8 Å². The van der Waals surface area contributed by atoms with Crippen LogP contribution in [0.5, 0.6) is 0 Å². The van der Waals surface area contributed by atoms with E-state index < -0.39 is 10.0 Å². The molecule has 2 aromatic carbocycles. The smallest absolute Gasteiger partial charge is 0.255 e. The number of rotatable bonds is 3. The highest BCUT2D eigenvalue weighted by Gasteiger charge is 2.12. The first-order chi connectivity index (χ1) is 9.79. The highest BCUT2D eigenvalue weighted by atomic mass is 35.5. The Balaban J connectivity index is 2.22. The summed E-state index contributed by atoms with van der Waals surface area (Å²) in [6.45, 7) is 1.75. The average molecular weight is 325 g/mol. The Morgan fingerprint density at radius 2 is 1.76 bits per heavy atom. The van der Waals surface area contributed by atoms with E-state index in [1.807, 2.05) is 0 Å². The number of carbonyl (C=O) groups excluding carboxylic acids is 1. The lowest BCUT2D eigenvalue weighted by molar-refractivity contribution is 0.102. The van der Waals surface area contributed by atoms with Crippen LogP contribution in [0.3, 0.4) is 0 Å². The lowest BCUT2D eigenvalue weighted by Gasteiger charge is -2.09. The second kappa shape index (κ2) is 5.85. The van der Waals surface area contributed by atoms with Crippen LogP contribution in [0.25, 0.3) is 0 Å². The summed E-state index contributed by atoms with van der Waals surface area (Å²) in [5, 5.41) is 8.18. The largest absolute Gasteiger partial charge is 0.322 e. The van der Waals surface area contributed by atoms with Crippen molar-refractivity contribution in [1.29, 1.82) is 0 Å². The molecule has 0 aliphatic carbocycles. The van der Waals surface area contributed by atoms with E-state index in [0.29, 0.717) is 21.8 Å². The zero-order valence-electron chi connectivity index (χ0n) is 11.1. The fraction of sp³-hybridized carbons (Fsp3) is 0.0714. The first kappa shape index (κ1) is 15.5. The Morgan fingerprint density at radius 1 is 1.14 bits per heavy atom. The predicted octanol–water partition coefficient (Wildman–Crippen LogP) is 2.55. The van der Waals surface area contributed by atoms with Gasteiger partial charge >= 0.3 is 0 Å². The molecule has 0 aliphatic heterocycles. The van der Waals surface area contributed by atoms with Gasteiger partial charge in [-0.1, -0.05) is 17.7 Å². The van der Waals surface area contributed by atoms with Crippen molar-refractivity contribution in [3.8, 4) is 0 Å². The normalized spacial score (nSPS) is 11.2. The molecular formula is C14H13ClN2O3S. The summed E-state index contributed by atoms with van der Waals surface area (Å²) in [7, 11) is -3.74. The van der Waals surface area contributed by atoms with E-state index >= 15 is 0 Å². The van der Waals surface area contributed by atoms with Gasteiger partial charge in [-0.3, -0.25) is 4.79 Å². The number of sulfonamides is 1. The van der Waals surface area contributed by atoms with Crippen molar-refractivity contribution >= 4 is 33.2 Å². The van der Waals surface area contributed by atoms with Gasteiger partial charge in [0.15, 0.2) is 0 Å². The molecule has 0 spiro atoms. The van der Waals surface area contributed by atoms with Crippen molar-refractivity contribution in [3.05, 3.63) is 58.6 Å². The number of primary sulfonamides is 1. The Kier molecular flexibility index (Phi) is 4.32. The van der Waals surface area contributed by atoms with Gasteiger partial charge in [0.25, 0.3) is 5.91 Å². The maximum atomic E-state index is 12.2. The monoisotopic (exact) mass is 324 g/mol. The maximum absolute atomic E-state index is 12.2. The molecule has 110 valence electrons. The zero-order chi connectivity index (χ0) is 15.6. The number of hydrogen-bond acceptors (Lipinski definition) is 3. The van der Waals surface area contributed by atoms with Crippen LogP contribution in [-0.4, -0.2) is 14.3 Å². The summed E-state index contributed by atoms with van der Waals surface area (Å²) in [6.07, 6.45) is 0. The van der Waals surface area contributed by atoms with Gasteiger partial charge in [0.1, 0.15) is 0 Å². The third-order valence-corrected chi connectivity index (χ3v) is 4.29. The minimum Gasteiger partial charge on any atom is -0.322 e. The Labute approximate surface area is 127 Å². The second-order valence-corrected chi connectivity index (χ2v) is 6.40. The third-order valence-electron chi connectivity index (χ3n) is 2.95. The van der Waals surface area contributed by atoms with Crippen LogP contribution in [-0.2, 0) is 10.0 Å². The van der Waals surface area contributed by atoms with E-state index in [0.717, 1.165) is 0 Å². The number of benzene rings is 2. The molecule has 0 saturated heterocycles. The van der Waals surface area contributed by atoms with Gasteiger partial charge < -0.3 is 5.32 Å². The molecule has 1 amide bonds. The van der Waals surface area contributed by atoms with Crippen molar-refractivity contribution in [2.75, 3.05) is 5.32 Å². The van der Waals surface area contributed by atoms with E-state index in [-0.39, 0.29) is 10.8 Å². The summed E-state index contributed by atoms with van der Waals surface area (Å²) < 4.78 is 22.3. The van der Waals surface area contributed by atoms with Gasteiger partial charge in [-0.2, -0.15) is 0 Å². The second-order valence-electron chi connectivity index (χ2n) is 4.44. The van der Waals surface area contributed by atoms with Gasteiger partial charge in [-0.25, -0.2) is 13.6 Å². The van der Waals surface area contributed by atoms with Gasteiger partial charge in [-0.15, -0.1) is 0 Å². The molecule has 0 fully saturated rings. The molecule has 0 bridgehead atoms. The number of halogens is 1. The number of amides is 1. The molecule has 2 rings (SSSR count). The minimum atomic E-state index is -3.74. The Bertz CT molecular complexity index is 786. The summed E-state index contributed by atoms with van der Waals surface area (Å²) in [6, 6.07) is 10.7. The summed E-state index contributed by atoms with van der Waals surface area (Å²) in [4.78, 5) is 12.1. The number of carbonyl (C=O) groups is 1. The van der Waals surface area contributed by atoms with Crippen LogP contribution in [0.4, 0.5) is 5.69 Å². The Hall–Kier alpha value is -1.89. The molecule has 7 heteroatoms. The average Bonchev–Trinajstić information content (AvgIpc) is 2.41. The molecule has 0 aromatic heterocycles. The lowest BCUT2D eigenvalue weighted by Crippen LogP contribution is -2.14. The molecule has 0 radical (unpaired) electrons. The summed E-state index contributed by atoms with van der Waals surface area (Å²) in [5.74, 6) is -0.321. The maximum Gasteiger partial charge on any atom is 0.255 e. The fourth-order valence-corrected chi connectivity index (χ4v) is 2.47. The molecule has 2 aromatic rings. The lowest BCUT2D eigenvalue weighted by atomic mass is 10.1. The number of hydrogen-bond donors (Lipinski definition) is 2. The molecular weight excluding hydrogens is 312 g/mol. The predicted molar refractivity (Wildman–Crippen MR) is 82.0 cm³/mol. The molecule has 0 saturated carbocycles. The summed E-state index contributed by atoms with van der Waals surface area (Å²) >= 11 is 5.97. The van der Waals surface area contributed by atoms with Crippen LogP contribution in [0.2, 0.25) is 5.02 Å². The van der Waals surface area contributed by atoms with Gasteiger partial charge in [-0.05, 0) is 48.9 Å². The number of nitrogens with two attached hydrogens (primary N) is 1. The van der Waals surface area contributed by atoms with Crippen molar-refractivity contribution in [2.24, 2.45) is 5.14 Å². The highest BCUT2D eigenvalue weighted by Crippen LogP contribution is 2.20. The molecule has 0 atom stereocenters. The SMILES string of the molecule is Cc1c(Cl)cccc1C(=O)Nc1ccc(S(N)(=O)=O)cc1. The number of anilines is 1. The summed E-state index contributed by atoms with van der Waals surface area (Å²) in [5.41, 5.74) is 1.60. The van der Waals surface area contributed by atoms with E-state index in [9.17, 15) is 13.2 Å². The highest BCUT2D eigenvalue weighted by molar-refractivity contribution is 7.89. The molecule has 0 aliphatic rings. The van der Waals surface area contributed by atoms with Crippen LogP contribution < -0.4 is 10.5 Å². The first-order valence-electron chi connectivity index (χ1n) is 5.98. The third kappa shape index (κ3) is 3.60. The molecule has 21 heavy (non-hydrogen) atoms. The van der Waals surface area contributed by atoms with Crippen LogP contribution in [0.15, 0.2) is 47.4 Å².